The standard InChI is InChI=1S/C14H23FN4O4S/c1-14(2,3)23-13(20)17-12-5-6-19(9-11(12)15)24(21,22)10-7-16-18(4)8-10/h7-8,11-12H,5-6,9H2,1-4H3,(H,17,20)/t11-,12+/m1/s1. The number of amides is 1. The maximum absolute atomic E-state index is 14.3. The molecule has 10 heteroatoms. The largest absolute Gasteiger partial charge is 0.444 e. The smallest absolute Gasteiger partial charge is 0.407 e. The monoisotopic (exact) mass is 362 g/mol. The molecule has 8 nitrogen and oxygen atoms in total. The van der Waals surface area contributed by atoms with Crippen molar-refractivity contribution in [2.24, 2.45) is 7.05 Å². The van der Waals surface area contributed by atoms with E-state index in [1.54, 1.807) is 27.8 Å². The van der Waals surface area contributed by atoms with Crippen molar-refractivity contribution in [2.75, 3.05) is 13.1 Å². The lowest BCUT2D eigenvalue weighted by atomic mass is 10.1. The summed E-state index contributed by atoms with van der Waals surface area (Å²) in [4.78, 5) is 11.8. The van der Waals surface area contributed by atoms with E-state index in [1.807, 2.05) is 0 Å². The summed E-state index contributed by atoms with van der Waals surface area (Å²) in [7, 11) is -2.18. The lowest BCUT2D eigenvalue weighted by Crippen LogP contribution is -2.54. The molecule has 1 aromatic heterocycles. The van der Waals surface area contributed by atoms with Crippen LogP contribution in [0.4, 0.5) is 9.18 Å². The molecule has 24 heavy (non-hydrogen) atoms. The van der Waals surface area contributed by atoms with Crippen molar-refractivity contribution in [1.82, 2.24) is 19.4 Å². The fraction of sp³-hybridized carbons (Fsp3) is 0.714. The number of ether oxygens (including phenoxy) is 1. The molecule has 1 aromatic rings. The highest BCUT2D eigenvalue weighted by Gasteiger charge is 2.37. The van der Waals surface area contributed by atoms with Crippen LogP contribution in [0.15, 0.2) is 17.3 Å². The average molecular weight is 362 g/mol. The van der Waals surface area contributed by atoms with Crippen LogP contribution in [0.5, 0.6) is 0 Å². The zero-order chi connectivity index (χ0) is 18.1. The van der Waals surface area contributed by atoms with Gasteiger partial charge in [0, 0.05) is 26.3 Å². The highest BCUT2D eigenvalue weighted by atomic mass is 32.2. The third-order valence-corrected chi connectivity index (χ3v) is 5.34. The molecule has 1 saturated heterocycles. The maximum atomic E-state index is 14.3. The van der Waals surface area contributed by atoms with Gasteiger partial charge in [-0.2, -0.15) is 9.40 Å². The van der Waals surface area contributed by atoms with E-state index < -0.39 is 33.9 Å². The van der Waals surface area contributed by atoms with Gasteiger partial charge in [-0.25, -0.2) is 17.6 Å². The topological polar surface area (TPSA) is 93.5 Å². The molecule has 0 aliphatic carbocycles. The molecule has 0 saturated carbocycles. The van der Waals surface area contributed by atoms with Gasteiger partial charge in [0.15, 0.2) is 0 Å². The van der Waals surface area contributed by atoms with Crippen molar-refractivity contribution in [2.45, 2.75) is 49.9 Å². The third kappa shape index (κ3) is 4.44. The SMILES string of the molecule is Cn1cc(S(=O)(=O)N2CC[C@H](NC(=O)OC(C)(C)C)[C@H](F)C2)cn1. The Bertz CT molecular complexity index is 698. The Morgan fingerprint density at radius 2 is 2.12 bits per heavy atom. The van der Waals surface area contributed by atoms with E-state index in [2.05, 4.69) is 10.4 Å². The summed E-state index contributed by atoms with van der Waals surface area (Å²) in [5.41, 5.74) is -0.680. The van der Waals surface area contributed by atoms with Crippen LogP contribution in [0, 0.1) is 0 Å². The Morgan fingerprint density at radius 3 is 2.62 bits per heavy atom. The second-order valence-corrected chi connectivity index (χ2v) is 8.71. The number of nitrogens with zero attached hydrogens (tertiary/aromatic N) is 3. The number of piperidine rings is 1. The van der Waals surface area contributed by atoms with Crippen molar-refractivity contribution in [1.29, 1.82) is 0 Å². The van der Waals surface area contributed by atoms with E-state index in [0.29, 0.717) is 0 Å². The first kappa shape index (κ1) is 18.7. The first-order valence-corrected chi connectivity index (χ1v) is 9.05. The van der Waals surface area contributed by atoms with E-state index in [0.717, 1.165) is 4.31 Å². The zero-order valence-electron chi connectivity index (χ0n) is 14.2. The maximum Gasteiger partial charge on any atom is 0.407 e. The predicted molar refractivity (Wildman–Crippen MR) is 84.6 cm³/mol. The van der Waals surface area contributed by atoms with Crippen LogP contribution in [0.1, 0.15) is 27.2 Å². The van der Waals surface area contributed by atoms with Crippen LogP contribution in [0.2, 0.25) is 0 Å². The van der Waals surface area contributed by atoms with E-state index in [1.165, 1.54) is 17.1 Å². The quantitative estimate of drug-likeness (QED) is 0.867. The molecule has 0 radical (unpaired) electrons. The Morgan fingerprint density at radius 1 is 1.46 bits per heavy atom. The van der Waals surface area contributed by atoms with Crippen molar-refractivity contribution >= 4 is 16.1 Å². The Balaban J connectivity index is 1.99. The van der Waals surface area contributed by atoms with Crippen molar-refractivity contribution < 1.29 is 22.3 Å². The number of alkyl carbamates (subject to hydrolysis) is 1. The highest BCUT2D eigenvalue weighted by Crippen LogP contribution is 2.22. The fourth-order valence-electron chi connectivity index (χ4n) is 2.40. The molecule has 0 aromatic carbocycles. The molecule has 2 heterocycles. The minimum atomic E-state index is -3.79. The Kier molecular flexibility index (Phi) is 5.19. The highest BCUT2D eigenvalue weighted by molar-refractivity contribution is 7.89. The van der Waals surface area contributed by atoms with Crippen LogP contribution in [0.3, 0.4) is 0 Å². The second-order valence-electron chi connectivity index (χ2n) is 6.77. The van der Waals surface area contributed by atoms with Gasteiger partial charge in [0.25, 0.3) is 0 Å². The van der Waals surface area contributed by atoms with Gasteiger partial charge in [-0.1, -0.05) is 0 Å². The van der Waals surface area contributed by atoms with E-state index in [9.17, 15) is 17.6 Å². The van der Waals surface area contributed by atoms with Crippen molar-refractivity contribution in [3.63, 3.8) is 0 Å². The molecule has 2 atom stereocenters. The molecule has 2 rings (SSSR count). The number of hydrogen-bond donors (Lipinski definition) is 1. The van der Waals surface area contributed by atoms with E-state index in [4.69, 9.17) is 4.74 Å². The van der Waals surface area contributed by atoms with Crippen LogP contribution >= 0.6 is 0 Å². The zero-order valence-corrected chi connectivity index (χ0v) is 15.0. The number of hydrogen-bond acceptors (Lipinski definition) is 5. The number of alkyl halides is 1. The lowest BCUT2D eigenvalue weighted by molar-refractivity contribution is 0.0438. The van der Waals surface area contributed by atoms with Gasteiger partial charge in [0.2, 0.25) is 10.0 Å². The van der Waals surface area contributed by atoms with Crippen LogP contribution in [0.25, 0.3) is 0 Å². The summed E-state index contributed by atoms with van der Waals surface area (Å²) in [5, 5.41) is 6.30. The van der Waals surface area contributed by atoms with Gasteiger partial charge in [-0.15, -0.1) is 0 Å². The number of nitrogens with one attached hydrogen (secondary N) is 1. The van der Waals surface area contributed by atoms with Gasteiger partial charge in [0.05, 0.1) is 12.2 Å². The van der Waals surface area contributed by atoms with Gasteiger partial charge >= 0.3 is 6.09 Å². The summed E-state index contributed by atoms with van der Waals surface area (Å²) in [6.07, 6.45) is 0.539. The predicted octanol–water partition coefficient (Wildman–Crippen LogP) is 1.05. The first-order valence-electron chi connectivity index (χ1n) is 7.61. The van der Waals surface area contributed by atoms with Gasteiger partial charge in [-0.05, 0) is 27.2 Å². The third-order valence-electron chi connectivity index (χ3n) is 3.53. The molecule has 1 aliphatic heterocycles. The number of carbonyl (C=O) groups is 1. The Labute approximate surface area is 141 Å². The molecule has 1 aliphatic rings. The van der Waals surface area contributed by atoms with Gasteiger partial charge in [-0.3, -0.25) is 4.68 Å². The normalized spacial score (nSPS) is 23.0. The lowest BCUT2D eigenvalue weighted by Gasteiger charge is -2.34. The minimum absolute atomic E-state index is 0.0238. The molecule has 0 unspecified atom stereocenters. The van der Waals surface area contributed by atoms with Crippen LogP contribution in [-0.2, 0) is 21.8 Å². The van der Waals surface area contributed by atoms with Crippen molar-refractivity contribution in [3.05, 3.63) is 12.4 Å². The molecular weight excluding hydrogens is 339 g/mol. The number of rotatable bonds is 3. The average Bonchev–Trinajstić information content (AvgIpc) is 2.86. The number of carbonyl (C=O) groups excluding carboxylic acids is 1. The molecular formula is C14H23FN4O4S. The first-order chi connectivity index (χ1) is 11.0. The summed E-state index contributed by atoms with van der Waals surface area (Å²) in [6.45, 7) is 4.92. The molecule has 1 amide bonds. The van der Waals surface area contributed by atoms with E-state index >= 15 is 0 Å². The Hall–Kier alpha value is -1.68. The molecule has 136 valence electrons. The number of aromatic nitrogens is 2. The van der Waals surface area contributed by atoms with Crippen molar-refractivity contribution in [3.8, 4) is 0 Å². The summed E-state index contributed by atoms with van der Waals surface area (Å²) in [6, 6.07) is -0.778. The van der Waals surface area contributed by atoms with Gasteiger partial charge in [0.1, 0.15) is 16.7 Å². The fourth-order valence-corrected chi connectivity index (χ4v) is 3.85. The minimum Gasteiger partial charge on any atom is -0.444 e. The molecule has 0 bridgehead atoms. The summed E-state index contributed by atoms with van der Waals surface area (Å²) < 4.78 is 46.8. The molecule has 1 N–H and O–H groups in total. The molecule has 0 spiro atoms. The van der Waals surface area contributed by atoms with Crippen LogP contribution in [-0.4, -0.2) is 59.5 Å². The second kappa shape index (κ2) is 6.67. The number of halogens is 1. The summed E-state index contributed by atoms with van der Waals surface area (Å²) >= 11 is 0. The van der Waals surface area contributed by atoms with Crippen LogP contribution < -0.4 is 5.32 Å². The number of aryl methyl sites for hydroxylation is 1. The summed E-state index contributed by atoms with van der Waals surface area (Å²) in [5.74, 6) is 0. The molecule has 1 fully saturated rings. The van der Waals surface area contributed by atoms with E-state index in [-0.39, 0.29) is 24.4 Å². The number of sulfonamides is 1. The van der Waals surface area contributed by atoms with Gasteiger partial charge < -0.3 is 10.1 Å².